The lowest BCUT2D eigenvalue weighted by Crippen LogP contribution is -2.31. The van der Waals surface area contributed by atoms with Crippen molar-refractivity contribution in [2.75, 3.05) is 19.8 Å². The fourth-order valence-corrected chi connectivity index (χ4v) is 4.04. The maximum absolute atomic E-state index is 12.7. The largest absolute Gasteiger partial charge is 0.486 e. The van der Waals surface area contributed by atoms with E-state index in [1.54, 1.807) is 11.3 Å². The number of hydrogen-bond acceptors (Lipinski definition) is 4. The van der Waals surface area contributed by atoms with Crippen molar-refractivity contribution in [3.63, 3.8) is 0 Å². The highest BCUT2D eigenvalue weighted by molar-refractivity contribution is 7.10. The molecule has 1 aromatic carbocycles. The van der Waals surface area contributed by atoms with Gasteiger partial charge in [-0.25, -0.2) is 0 Å². The molecule has 2 aliphatic heterocycles. The first-order valence-corrected chi connectivity index (χ1v) is 8.90. The molecule has 5 heteroatoms. The maximum atomic E-state index is 12.7. The number of ether oxygens (including phenoxy) is 2. The van der Waals surface area contributed by atoms with Crippen molar-refractivity contribution < 1.29 is 14.3 Å². The molecule has 1 saturated heterocycles. The lowest BCUT2D eigenvalue weighted by atomic mass is 10.0. The van der Waals surface area contributed by atoms with Gasteiger partial charge in [0, 0.05) is 11.4 Å². The van der Waals surface area contributed by atoms with Crippen molar-refractivity contribution >= 4 is 17.2 Å². The number of amides is 1. The molecule has 1 fully saturated rings. The smallest absolute Gasteiger partial charge is 0.228 e. The minimum absolute atomic E-state index is 0.151. The molecule has 0 aliphatic carbocycles. The molecule has 4 rings (SSSR count). The number of rotatable bonds is 3. The molecule has 0 N–H and O–H groups in total. The molecule has 0 bridgehead atoms. The van der Waals surface area contributed by atoms with Gasteiger partial charge < -0.3 is 14.4 Å². The fraction of sp³-hybridized carbons (Fsp3) is 0.389. The summed E-state index contributed by atoms with van der Waals surface area (Å²) in [6.07, 6.45) is 2.56. The van der Waals surface area contributed by atoms with Crippen LogP contribution < -0.4 is 9.47 Å². The molecule has 2 aromatic rings. The van der Waals surface area contributed by atoms with Crippen LogP contribution in [0.15, 0.2) is 35.7 Å². The van der Waals surface area contributed by atoms with Gasteiger partial charge in [-0.2, -0.15) is 0 Å². The Morgan fingerprint density at radius 3 is 2.91 bits per heavy atom. The zero-order chi connectivity index (χ0) is 15.6. The number of benzene rings is 1. The third-order valence-electron chi connectivity index (χ3n) is 4.43. The molecule has 120 valence electrons. The Hall–Kier alpha value is -2.01. The normalized spacial score (nSPS) is 19.8. The van der Waals surface area contributed by atoms with Crippen LogP contribution in [0.4, 0.5) is 0 Å². The number of carbonyl (C=O) groups excluding carboxylic acids is 1. The van der Waals surface area contributed by atoms with Gasteiger partial charge in [0.15, 0.2) is 11.5 Å². The van der Waals surface area contributed by atoms with Crippen LogP contribution in [0, 0.1) is 0 Å². The Labute approximate surface area is 139 Å². The number of carbonyl (C=O) groups is 1. The van der Waals surface area contributed by atoms with Gasteiger partial charge in [0.05, 0.1) is 12.5 Å². The summed E-state index contributed by atoms with van der Waals surface area (Å²) in [5.74, 6) is 1.81. The van der Waals surface area contributed by atoms with Crippen LogP contribution in [0.2, 0.25) is 0 Å². The molecule has 4 nitrogen and oxygen atoms in total. The Kier molecular flexibility index (Phi) is 3.95. The summed E-state index contributed by atoms with van der Waals surface area (Å²) in [5, 5.41) is 2.02. The molecule has 1 atom stereocenters. The third-order valence-corrected chi connectivity index (χ3v) is 5.31. The summed E-state index contributed by atoms with van der Waals surface area (Å²) in [5.41, 5.74) is 1.14. The zero-order valence-corrected chi connectivity index (χ0v) is 13.7. The average molecular weight is 329 g/mol. The molecule has 0 saturated carbocycles. The van der Waals surface area contributed by atoms with Crippen molar-refractivity contribution in [2.45, 2.75) is 25.3 Å². The van der Waals surface area contributed by atoms with E-state index >= 15 is 0 Å². The summed E-state index contributed by atoms with van der Waals surface area (Å²) >= 11 is 1.64. The topological polar surface area (TPSA) is 38.8 Å². The first kappa shape index (κ1) is 14.6. The Morgan fingerprint density at radius 1 is 1.22 bits per heavy atom. The van der Waals surface area contributed by atoms with Crippen LogP contribution in [0.25, 0.3) is 0 Å². The van der Waals surface area contributed by atoms with Gasteiger partial charge in [-0.15, -0.1) is 11.3 Å². The molecular weight excluding hydrogens is 310 g/mol. The highest BCUT2D eigenvalue weighted by atomic mass is 32.1. The summed E-state index contributed by atoms with van der Waals surface area (Å²) < 4.78 is 11.3. The van der Waals surface area contributed by atoms with E-state index in [0.29, 0.717) is 19.6 Å². The Bertz CT molecular complexity index is 698. The Balaban J connectivity index is 1.54. The third kappa shape index (κ3) is 2.93. The summed E-state index contributed by atoms with van der Waals surface area (Å²) in [4.78, 5) is 15.8. The second-order valence-electron chi connectivity index (χ2n) is 5.90. The summed E-state index contributed by atoms with van der Waals surface area (Å²) in [6, 6.07) is 10.2. The highest BCUT2D eigenvalue weighted by Gasteiger charge is 2.30. The van der Waals surface area contributed by atoms with E-state index in [4.69, 9.17) is 9.47 Å². The molecule has 0 radical (unpaired) electrons. The second kappa shape index (κ2) is 6.24. The van der Waals surface area contributed by atoms with E-state index in [1.807, 2.05) is 34.5 Å². The van der Waals surface area contributed by atoms with E-state index in [-0.39, 0.29) is 11.9 Å². The fourth-order valence-electron chi connectivity index (χ4n) is 3.34. The molecule has 0 unspecified atom stereocenters. The van der Waals surface area contributed by atoms with Crippen molar-refractivity contribution in [3.8, 4) is 11.5 Å². The van der Waals surface area contributed by atoms with Gasteiger partial charge in [-0.3, -0.25) is 4.79 Å². The first-order chi connectivity index (χ1) is 11.3. The van der Waals surface area contributed by atoms with Gasteiger partial charge >= 0.3 is 0 Å². The first-order valence-electron chi connectivity index (χ1n) is 8.02. The van der Waals surface area contributed by atoms with Crippen molar-refractivity contribution in [1.82, 2.24) is 4.90 Å². The van der Waals surface area contributed by atoms with Crippen molar-refractivity contribution in [2.24, 2.45) is 0 Å². The number of thiophene rings is 1. The molecule has 0 spiro atoms. The summed E-state index contributed by atoms with van der Waals surface area (Å²) in [7, 11) is 0. The van der Waals surface area contributed by atoms with Crippen LogP contribution in [-0.4, -0.2) is 30.6 Å². The summed E-state index contributed by atoms with van der Waals surface area (Å²) in [6.45, 7) is 2.02. The SMILES string of the molecule is O=C(Cc1cccs1)N1CCC[C@H]1c1ccc2c(c1)OCCO2. The standard InChI is InChI=1S/C18H19NO3S/c20-18(12-14-3-2-10-23-14)19-7-1-4-15(19)13-5-6-16-17(11-13)22-9-8-21-16/h2-3,5-6,10-11,15H,1,4,7-9,12H2/t15-/m0/s1. The van der Waals surface area contributed by atoms with Crippen LogP contribution >= 0.6 is 11.3 Å². The molecule has 1 aromatic heterocycles. The monoisotopic (exact) mass is 329 g/mol. The van der Waals surface area contributed by atoms with E-state index in [2.05, 4.69) is 6.07 Å². The van der Waals surface area contributed by atoms with E-state index in [9.17, 15) is 4.79 Å². The predicted octanol–water partition coefficient (Wildman–Crippen LogP) is 3.43. The minimum Gasteiger partial charge on any atom is -0.486 e. The highest BCUT2D eigenvalue weighted by Crippen LogP contribution is 2.38. The Morgan fingerprint density at radius 2 is 2.09 bits per heavy atom. The van der Waals surface area contributed by atoms with Crippen LogP contribution in [0.5, 0.6) is 11.5 Å². The molecule has 23 heavy (non-hydrogen) atoms. The maximum Gasteiger partial charge on any atom is 0.228 e. The van der Waals surface area contributed by atoms with Crippen LogP contribution in [-0.2, 0) is 11.2 Å². The van der Waals surface area contributed by atoms with Crippen molar-refractivity contribution in [1.29, 1.82) is 0 Å². The van der Waals surface area contributed by atoms with E-state index in [1.165, 1.54) is 0 Å². The van der Waals surface area contributed by atoms with Gasteiger partial charge in [0.25, 0.3) is 0 Å². The van der Waals surface area contributed by atoms with E-state index in [0.717, 1.165) is 41.3 Å². The molecule has 1 amide bonds. The lowest BCUT2D eigenvalue weighted by molar-refractivity contribution is -0.131. The van der Waals surface area contributed by atoms with Gasteiger partial charge in [-0.05, 0) is 42.0 Å². The lowest BCUT2D eigenvalue weighted by Gasteiger charge is -2.26. The van der Waals surface area contributed by atoms with Crippen molar-refractivity contribution in [3.05, 3.63) is 46.2 Å². The number of hydrogen-bond donors (Lipinski definition) is 0. The second-order valence-corrected chi connectivity index (χ2v) is 6.94. The molecular formula is C18H19NO3S. The zero-order valence-electron chi connectivity index (χ0n) is 12.9. The number of nitrogens with zero attached hydrogens (tertiary/aromatic N) is 1. The van der Waals surface area contributed by atoms with Crippen LogP contribution in [0.1, 0.15) is 29.3 Å². The predicted molar refractivity (Wildman–Crippen MR) is 89.1 cm³/mol. The van der Waals surface area contributed by atoms with Gasteiger partial charge in [0.2, 0.25) is 5.91 Å². The number of likely N-dealkylation sites (tertiary alicyclic amines) is 1. The molecule has 2 aliphatic rings. The quantitative estimate of drug-likeness (QED) is 0.866. The van der Waals surface area contributed by atoms with E-state index < -0.39 is 0 Å². The molecule has 3 heterocycles. The van der Waals surface area contributed by atoms with Gasteiger partial charge in [0.1, 0.15) is 13.2 Å². The average Bonchev–Trinajstić information content (AvgIpc) is 3.25. The van der Waals surface area contributed by atoms with Crippen LogP contribution in [0.3, 0.4) is 0 Å². The number of fused-ring (bicyclic) bond motifs is 1. The minimum atomic E-state index is 0.151. The van der Waals surface area contributed by atoms with Gasteiger partial charge in [-0.1, -0.05) is 12.1 Å².